The number of hydrogen-bond acceptors (Lipinski definition) is 6. The number of nitrogens with zero attached hydrogens (tertiary/aromatic N) is 3. The maximum atomic E-state index is 13.0. The number of amidine groups is 1. The summed E-state index contributed by atoms with van der Waals surface area (Å²) in [5.41, 5.74) is 3.32. The van der Waals surface area contributed by atoms with Crippen molar-refractivity contribution in [2.24, 2.45) is 4.40 Å². The standard InChI is InChI=1S/C22H21N5O3S2/c1-2-16(20-23-13-17(24-20)14-6-4-3-5-7-14)25-21(28)15-8-9-18-19(12-15)31-22-26-32(29,30)11-10-27(18)22/h3-9,12-13,16H,2,10-11H2,1H3,(H,23,24)(H,25,28). The normalized spacial score (nSPS) is 17.3. The molecule has 1 unspecified atom stereocenters. The highest BCUT2D eigenvalue weighted by atomic mass is 32.2. The first-order chi connectivity index (χ1) is 15.4. The van der Waals surface area contributed by atoms with E-state index >= 15 is 0 Å². The molecule has 5 rings (SSSR count). The molecule has 0 saturated heterocycles. The van der Waals surface area contributed by atoms with E-state index in [9.17, 15) is 13.2 Å². The van der Waals surface area contributed by atoms with Gasteiger partial charge in [0.1, 0.15) is 5.82 Å². The minimum Gasteiger partial charge on any atom is -0.342 e. The minimum atomic E-state index is -3.41. The SMILES string of the molecule is CCC(NC(=O)c1ccc2c(c1)SC1=NS(=O)(=O)CCN12)c1ncc(-c2ccccc2)[nH]1. The molecule has 10 heteroatoms. The lowest BCUT2D eigenvalue weighted by Crippen LogP contribution is -2.35. The first-order valence-corrected chi connectivity index (χ1v) is 12.7. The van der Waals surface area contributed by atoms with Crippen LogP contribution >= 0.6 is 11.8 Å². The third-order valence-electron chi connectivity index (χ3n) is 5.46. The molecule has 2 N–H and O–H groups in total. The predicted octanol–water partition coefficient (Wildman–Crippen LogP) is 3.57. The number of benzene rings is 2. The number of rotatable bonds is 5. The molecule has 3 heterocycles. The van der Waals surface area contributed by atoms with E-state index in [1.807, 2.05) is 48.2 Å². The molecule has 0 fully saturated rings. The first-order valence-electron chi connectivity index (χ1n) is 10.3. The van der Waals surface area contributed by atoms with E-state index in [2.05, 4.69) is 19.7 Å². The zero-order valence-electron chi connectivity index (χ0n) is 17.3. The van der Waals surface area contributed by atoms with E-state index in [4.69, 9.17) is 0 Å². The third kappa shape index (κ3) is 3.91. The highest BCUT2D eigenvalue weighted by Crippen LogP contribution is 2.42. The van der Waals surface area contributed by atoms with Crippen LogP contribution in [0.4, 0.5) is 5.69 Å². The monoisotopic (exact) mass is 467 g/mol. The second-order valence-electron chi connectivity index (χ2n) is 7.58. The van der Waals surface area contributed by atoms with Crippen molar-refractivity contribution < 1.29 is 13.2 Å². The summed E-state index contributed by atoms with van der Waals surface area (Å²) >= 11 is 1.27. The summed E-state index contributed by atoms with van der Waals surface area (Å²) in [7, 11) is -3.41. The van der Waals surface area contributed by atoms with Crippen molar-refractivity contribution in [3.8, 4) is 11.3 Å². The molecule has 2 aliphatic rings. The number of aromatic amines is 1. The van der Waals surface area contributed by atoms with E-state index in [-0.39, 0.29) is 17.7 Å². The van der Waals surface area contributed by atoms with Gasteiger partial charge in [0.05, 0.1) is 29.4 Å². The van der Waals surface area contributed by atoms with Crippen LogP contribution in [0.15, 0.2) is 64.0 Å². The molecule has 2 aliphatic heterocycles. The molecule has 0 saturated carbocycles. The summed E-state index contributed by atoms with van der Waals surface area (Å²) in [6, 6.07) is 15.0. The molecule has 2 aromatic carbocycles. The van der Waals surface area contributed by atoms with Gasteiger partial charge in [0.25, 0.3) is 15.9 Å². The molecule has 1 aromatic heterocycles. The maximum absolute atomic E-state index is 13.0. The first kappa shape index (κ1) is 20.8. The Morgan fingerprint density at radius 2 is 2.06 bits per heavy atom. The highest BCUT2D eigenvalue weighted by molar-refractivity contribution is 8.15. The molecule has 164 valence electrons. The Labute approximate surface area is 190 Å². The Kier molecular flexibility index (Phi) is 5.26. The van der Waals surface area contributed by atoms with Gasteiger partial charge in [0, 0.05) is 17.0 Å². The fourth-order valence-electron chi connectivity index (χ4n) is 3.76. The number of sulfonamides is 1. The third-order valence-corrected chi connectivity index (χ3v) is 7.77. The zero-order valence-corrected chi connectivity index (χ0v) is 18.9. The quantitative estimate of drug-likeness (QED) is 0.594. The van der Waals surface area contributed by atoms with Gasteiger partial charge in [-0.25, -0.2) is 13.4 Å². The van der Waals surface area contributed by atoms with Crippen LogP contribution in [0.3, 0.4) is 0 Å². The van der Waals surface area contributed by atoms with E-state index < -0.39 is 10.0 Å². The number of amides is 1. The van der Waals surface area contributed by atoms with E-state index in [0.29, 0.717) is 29.5 Å². The average molecular weight is 468 g/mol. The molecule has 0 spiro atoms. The average Bonchev–Trinajstić information content (AvgIpc) is 3.41. The summed E-state index contributed by atoms with van der Waals surface area (Å²) in [6.45, 7) is 2.36. The lowest BCUT2D eigenvalue weighted by Gasteiger charge is -2.22. The van der Waals surface area contributed by atoms with Crippen LogP contribution in [0.25, 0.3) is 11.3 Å². The number of H-pyrrole nitrogens is 1. The number of thioether (sulfide) groups is 1. The Bertz CT molecular complexity index is 1320. The molecule has 8 nitrogen and oxygen atoms in total. The van der Waals surface area contributed by atoms with Crippen molar-refractivity contribution in [1.82, 2.24) is 15.3 Å². The van der Waals surface area contributed by atoms with Crippen molar-refractivity contribution in [1.29, 1.82) is 0 Å². The Hall–Kier alpha value is -3.11. The molecule has 3 aromatic rings. The Morgan fingerprint density at radius 1 is 1.25 bits per heavy atom. The lowest BCUT2D eigenvalue weighted by atomic mass is 10.1. The van der Waals surface area contributed by atoms with Gasteiger partial charge in [-0.05, 0) is 41.9 Å². The predicted molar refractivity (Wildman–Crippen MR) is 125 cm³/mol. The molecular weight excluding hydrogens is 446 g/mol. The zero-order chi connectivity index (χ0) is 22.3. The number of anilines is 1. The van der Waals surface area contributed by atoms with Crippen molar-refractivity contribution in [3.63, 3.8) is 0 Å². The van der Waals surface area contributed by atoms with Gasteiger partial charge >= 0.3 is 0 Å². The fraction of sp³-hybridized carbons (Fsp3) is 0.227. The van der Waals surface area contributed by atoms with Gasteiger partial charge in [-0.15, -0.1) is 4.40 Å². The number of carbonyl (C=O) groups excluding carboxylic acids is 1. The van der Waals surface area contributed by atoms with Crippen molar-refractivity contribution in [2.45, 2.75) is 24.3 Å². The number of hydrogen-bond donors (Lipinski definition) is 2. The highest BCUT2D eigenvalue weighted by Gasteiger charge is 2.33. The van der Waals surface area contributed by atoms with Gasteiger partial charge in [-0.1, -0.05) is 37.3 Å². The van der Waals surface area contributed by atoms with Crippen LogP contribution in [-0.2, 0) is 10.0 Å². The van der Waals surface area contributed by atoms with Gasteiger partial charge in [-0.2, -0.15) is 0 Å². The molecule has 0 aliphatic carbocycles. The number of nitrogens with one attached hydrogen (secondary N) is 2. The van der Waals surface area contributed by atoms with Crippen LogP contribution in [-0.4, -0.2) is 41.8 Å². The smallest absolute Gasteiger partial charge is 0.257 e. The second-order valence-corrected chi connectivity index (χ2v) is 10.3. The molecule has 32 heavy (non-hydrogen) atoms. The van der Waals surface area contributed by atoms with Crippen LogP contribution < -0.4 is 10.2 Å². The number of aromatic nitrogens is 2. The maximum Gasteiger partial charge on any atom is 0.257 e. The molecule has 1 atom stereocenters. The largest absolute Gasteiger partial charge is 0.342 e. The van der Waals surface area contributed by atoms with Crippen molar-refractivity contribution in [2.75, 3.05) is 17.2 Å². The number of imidazole rings is 1. The lowest BCUT2D eigenvalue weighted by molar-refractivity contribution is 0.0933. The van der Waals surface area contributed by atoms with Gasteiger partial charge in [0.2, 0.25) is 0 Å². The van der Waals surface area contributed by atoms with Crippen LogP contribution in [0.2, 0.25) is 0 Å². The summed E-state index contributed by atoms with van der Waals surface area (Å²) in [4.78, 5) is 23.5. The van der Waals surface area contributed by atoms with Gasteiger partial charge < -0.3 is 15.2 Å². The Morgan fingerprint density at radius 3 is 2.84 bits per heavy atom. The molecule has 0 bridgehead atoms. The topological polar surface area (TPSA) is 108 Å². The van der Waals surface area contributed by atoms with Crippen molar-refractivity contribution >= 4 is 38.5 Å². The van der Waals surface area contributed by atoms with Gasteiger partial charge in [-0.3, -0.25) is 4.79 Å². The summed E-state index contributed by atoms with van der Waals surface area (Å²) in [6.07, 6.45) is 2.45. The molecule has 1 amide bonds. The number of carbonyl (C=O) groups is 1. The minimum absolute atomic E-state index is 0.00889. The molecule has 0 radical (unpaired) electrons. The van der Waals surface area contributed by atoms with E-state index in [0.717, 1.165) is 21.8 Å². The van der Waals surface area contributed by atoms with Gasteiger partial charge in [0.15, 0.2) is 5.17 Å². The van der Waals surface area contributed by atoms with Crippen LogP contribution in [0, 0.1) is 0 Å². The summed E-state index contributed by atoms with van der Waals surface area (Å²) in [5.74, 6) is 0.481. The number of fused-ring (bicyclic) bond motifs is 3. The Balaban J connectivity index is 1.34. The molecular formula is C22H21N5O3S2. The summed E-state index contributed by atoms with van der Waals surface area (Å²) < 4.78 is 27.5. The van der Waals surface area contributed by atoms with E-state index in [1.54, 1.807) is 18.3 Å². The van der Waals surface area contributed by atoms with E-state index in [1.165, 1.54) is 11.8 Å². The van der Waals surface area contributed by atoms with Crippen LogP contribution in [0.5, 0.6) is 0 Å². The fourth-order valence-corrected chi connectivity index (χ4v) is 6.05. The second kappa shape index (κ2) is 8.10. The summed E-state index contributed by atoms with van der Waals surface area (Å²) in [5, 5.41) is 3.49. The van der Waals surface area contributed by atoms with Crippen LogP contribution in [0.1, 0.15) is 35.6 Å². The van der Waals surface area contributed by atoms with Crippen molar-refractivity contribution in [3.05, 3.63) is 66.1 Å².